The maximum absolute atomic E-state index is 12.5. The highest BCUT2D eigenvalue weighted by molar-refractivity contribution is 5.90. The minimum Gasteiger partial charge on any atom is -0.462 e. The van der Waals surface area contributed by atoms with Gasteiger partial charge in [-0.25, -0.2) is 9.59 Å². The van der Waals surface area contributed by atoms with Crippen molar-refractivity contribution in [3.05, 3.63) is 23.3 Å². The van der Waals surface area contributed by atoms with E-state index in [1.54, 1.807) is 26.0 Å². The fraction of sp³-hybridized carbons (Fsp3) is 0.727. The maximum atomic E-state index is 12.5. The molecule has 146 valence electrons. The SMILES string of the molecule is C/C(=C\C=C(/C)C(=O)OC1CC2CCC1(C)C2(C)C)C(=O)OCC(C)C. The predicted octanol–water partition coefficient (Wildman–Crippen LogP) is 4.84. The van der Waals surface area contributed by atoms with E-state index in [-0.39, 0.29) is 28.9 Å². The Labute approximate surface area is 158 Å². The van der Waals surface area contributed by atoms with Crippen molar-refractivity contribution in [3.63, 3.8) is 0 Å². The van der Waals surface area contributed by atoms with Crippen molar-refractivity contribution in [1.29, 1.82) is 0 Å². The molecule has 0 spiro atoms. The maximum Gasteiger partial charge on any atom is 0.334 e. The zero-order valence-electron chi connectivity index (χ0n) is 17.3. The average molecular weight is 363 g/mol. The molecule has 4 nitrogen and oxygen atoms in total. The lowest BCUT2D eigenvalue weighted by atomic mass is 9.70. The summed E-state index contributed by atoms with van der Waals surface area (Å²) in [5.74, 6) is 0.288. The van der Waals surface area contributed by atoms with Crippen LogP contribution in [-0.4, -0.2) is 24.6 Å². The number of ether oxygens (including phenoxy) is 2. The van der Waals surface area contributed by atoms with E-state index in [0.29, 0.717) is 29.6 Å². The van der Waals surface area contributed by atoms with E-state index < -0.39 is 0 Å². The van der Waals surface area contributed by atoms with E-state index in [4.69, 9.17) is 9.47 Å². The molecule has 0 radical (unpaired) electrons. The predicted molar refractivity (Wildman–Crippen MR) is 102 cm³/mol. The highest BCUT2D eigenvalue weighted by atomic mass is 16.5. The Morgan fingerprint density at radius 2 is 1.65 bits per heavy atom. The normalized spacial score (nSPS) is 30.6. The van der Waals surface area contributed by atoms with Crippen molar-refractivity contribution in [3.8, 4) is 0 Å². The van der Waals surface area contributed by atoms with Gasteiger partial charge in [0.25, 0.3) is 0 Å². The molecule has 2 aliphatic rings. The molecule has 2 saturated carbocycles. The van der Waals surface area contributed by atoms with Crippen molar-refractivity contribution < 1.29 is 19.1 Å². The van der Waals surface area contributed by atoms with Crippen LogP contribution in [-0.2, 0) is 19.1 Å². The van der Waals surface area contributed by atoms with Crippen LogP contribution in [0.25, 0.3) is 0 Å². The summed E-state index contributed by atoms with van der Waals surface area (Å²) >= 11 is 0. The fourth-order valence-corrected chi connectivity index (χ4v) is 4.27. The minimum atomic E-state index is -0.349. The Morgan fingerprint density at radius 1 is 1.08 bits per heavy atom. The van der Waals surface area contributed by atoms with Gasteiger partial charge in [0.15, 0.2) is 0 Å². The molecule has 0 heterocycles. The van der Waals surface area contributed by atoms with Gasteiger partial charge in [-0.05, 0) is 50.4 Å². The molecule has 2 aliphatic carbocycles. The van der Waals surface area contributed by atoms with Gasteiger partial charge in [-0.3, -0.25) is 0 Å². The second-order valence-corrected chi connectivity index (χ2v) is 9.20. The first kappa shape index (κ1) is 20.7. The number of hydrogen-bond acceptors (Lipinski definition) is 4. The molecule has 0 amide bonds. The zero-order chi connectivity index (χ0) is 19.7. The Bertz CT molecular complexity index is 626. The van der Waals surface area contributed by atoms with Gasteiger partial charge in [-0.2, -0.15) is 0 Å². The number of carbonyl (C=O) groups is 2. The van der Waals surface area contributed by atoms with Crippen molar-refractivity contribution in [2.45, 2.75) is 73.8 Å². The molecule has 3 atom stereocenters. The molecule has 0 aliphatic heterocycles. The molecule has 0 aromatic carbocycles. The van der Waals surface area contributed by atoms with E-state index in [2.05, 4.69) is 20.8 Å². The van der Waals surface area contributed by atoms with Crippen molar-refractivity contribution in [1.82, 2.24) is 0 Å². The standard InChI is InChI=1S/C22H34O4/c1-14(2)13-25-19(23)15(3)8-9-16(4)20(24)26-18-12-17-10-11-22(18,7)21(17,5)6/h8-9,14,17-18H,10-13H2,1-7H3/b15-8+,16-9+. The fourth-order valence-electron chi connectivity index (χ4n) is 4.27. The summed E-state index contributed by atoms with van der Waals surface area (Å²) in [6.07, 6.45) is 6.56. The quantitative estimate of drug-likeness (QED) is 0.385. The average Bonchev–Trinajstić information content (AvgIpc) is 2.90. The van der Waals surface area contributed by atoms with Gasteiger partial charge in [-0.15, -0.1) is 0 Å². The number of esters is 2. The molecule has 26 heavy (non-hydrogen) atoms. The third-order valence-corrected chi connectivity index (χ3v) is 6.74. The number of carbonyl (C=O) groups excluding carboxylic acids is 2. The van der Waals surface area contributed by atoms with Gasteiger partial charge in [-0.1, -0.05) is 46.8 Å². The molecule has 0 aromatic heterocycles. The Balaban J connectivity index is 1.96. The van der Waals surface area contributed by atoms with Crippen LogP contribution in [0, 0.1) is 22.7 Å². The first-order valence-electron chi connectivity index (χ1n) is 9.72. The van der Waals surface area contributed by atoms with E-state index in [9.17, 15) is 9.59 Å². The first-order valence-corrected chi connectivity index (χ1v) is 9.72. The number of allylic oxidation sites excluding steroid dienone is 2. The van der Waals surface area contributed by atoms with Crippen molar-refractivity contribution in [2.75, 3.05) is 6.61 Å². The summed E-state index contributed by atoms with van der Waals surface area (Å²) in [7, 11) is 0. The van der Waals surface area contributed by atoms with Gasteiger partial charge in [0.1, 0.15) is 6.10 Å². The third kappa shape index (κ3) is 3.89. The summed E-state index contributed by atoms with van der Waals surface area (Å²) in [5, 5.41) is 0. The van der Waals surface area contributed by atoms with Crippen LogP contribution < -0.4 is 0 Å². The van der Waals surface area contributed by atoms with Crippen molar-refractivity contribution in [2.24, 2.45) is 22.7 Å². The lowest BCUT2D eigenvalue weighted by Crippen LogP contribution is -2.38. The second kappa shape index (κ2) is 7.58. The van der Waals surface area contributed by atoms with Gasteiger partial charge in [0, 0.05) is 16.6 Å². The van der Waals surface area contributed by atoms with E-state index >= 15 is 0 Å². The lowest BCUT2D eigenvalue weighted by molar-refractivity contribution is -0.152. The lowest BCUT2D eigenvalue weighted by Gasteiger charge is -2.38. The monoisotopic (exact) mass is 362 g/mol. The third-order valence-electron chi connectivity index (χ3n) is 6.74. The van der Waals surface area contributed by atoms with E-state index in [0.717, 1.165) is 12.8 Å². The molecular weight excluding hydrogens is 328 g/mol. The van der Waals surface area contributed by atoms with E-state index in [1.807, 2.05) is 13.8 Å². The van der Waals surface area contributed by atoms with E-state index in [1.165, 1.54) is 6.42 Å². The van der Waals surface area contributed by atoms with Crippen LogP contribution in [0.4, 0.5) is 0 Å². The molecule has 4 heteroatoms. The molecule has 2 rings (SSSR count). The number of rotatable bonds is 6. The van der Waals surface area contributed by atoms with Crippen molar-refractivity contribution >= 4 is 11.9 Å². The van der Waals surface area contributed by atoms with Crippen LogP contribution >= 0.6 is 0 Å². The van der Waals surface area contributed by atoms with Crippen LogP contribution in [0.5, 0.6) is 0 Å². The molecule has 0 aromatic rings. The van der Waals surface area contributed by atoms with Gasteiger partial charge in [0.2, 0.25) is 0 Å². The molecule has 3 unspecified atom stereocenters. The van der Waals surface area contributed by atoms with Gasteiger partial charge >= 0.3 is 11.9 Å². The molecule has 2 bridgehead atoms. The summed E-state index contributed by atoms with van der Waals surface area (Å²) in [4.78, 5) is 24.4. The van der Waals surface area contributed by atoms with Gasteiger partial charge < -0.3 is 9.47 Å². The summed E-state index contributed by atoms with van der Waals surface area (Å²) in [5.41, 5.74) is 1.25. The second-order valence-electron chi connectivity index (χ2n) is 9.20. The highest BCUT2D eigenvalue weighted by Crippen LogP contribution is 2.66. The molecule has 2 fully saturated rings. The number of hydrogen-bond donors (Lipinski definition) is 0. The zero-order valence-corrected chi connectivity index (χ0v) is 17.3. The van der Waals surface area contributed by atoms with Crippen LogP contribution in [0.3, 0.4) is 0 Å². The summed E-state index contributed by atoms with van der Waals surface area (Å²) < 4.78 is 11.0. The smallest absolute Gasteiger partial charge is 0.334 e. The van der Waals surface area contributed by atoms with Gasteiger partial charge in [0.05, 0.1) is 6.61 Å². The Morgan fingerprint density at radius 3 is 2.12 bits per heavy atom. The van der Waals surface area contributed by atoms with Crippen LogP contribution in [0.1, 0.15) is 67.7 Å². The minimum absolute atomic E-state index is 0.0202. The largest absolute Gasteiger partial charge is 0.462 e. The molecule has 0 saturated heterocycles. The number of fused-ring (bicyclic) bond motifs is 2. The van der Waals surface area contributed by atoms with Crippen LogP contribution in [0.15, 0.2) is 23.3 Å². The summed E-state index contributed by atoms with van der Waals surface area (Å²) in [6, 6.07) is 0. The van der Waals surface area contributed by atoms with Crippen LogP contribution in [0.2, 0.25) is 0 Å². The molecular formula is C22H34O4. The summed E-state index contributed by atoms with van der Waals surface area (Å²) in [6.45, 7) is 14.7. The Kier molecular flexibility index (Phi) is 6.04. The Hall–Kier alpha value is -1.58. The highest BCUT2D eigenvalue weighted by Gasteiger charge is 2.62. The molecule has 0 N–H and O–H groups in total. The first-order chi connectivity index (χ1) is 12.0. The topological polar surface area (TPSA) is 52.6 Å².